The molecule has 0 aliphatic rings. The minimum absolute atomic E-state index is 0.0723. The van der Waals surface area contributed by atoms with Crippen molar-refractivity contribution in [1.82, 2.24) is 5.32 Å². The van der Waals surface area contributed by atoms with Gasteiger partial charge in [0, 0.05) is 6.42 Å². The summed E-state index contributed by atoms with van der Waals surface area (Å²) in [7, 11) is 1.27. The second-order valence-corrected chi connectivity index (χ2v) is 4.54. The van der Waals surface area contributed by atoms with Crippen molar-refractivity contribution in [2.24, 2.45) is 0 Å². The summed E-state index contributed by atoms with van der Waals surface area (Å²) in [6.45, 7) is 0. The molecule has 1 atom stereocenters. The van der Waals surface area contributed by atoms with Crippen molar-refractivity contribution in [3.8, 4) is 12.3 Å². The average molecular weight is 291 g/mol. The number of carbonyl (C=O) groups is 2. The number of esters is 1. The summed E-state index contributed by atoms with van der Waals surface area (Å²) in [5.41, 5.74) is 0.668. The molecule has 0 saturated heterocycles. The third kappa shape index (κ3) is 6.09. The van der Waals surface area contributed by atoms with E-state index in [-0.39, 0.29) is 18.1 Å². The molecule has 0 radical (unpaired) electrons. The van der Waals surface area contributed by atoms with Crippen LogP contribution in [-0.4, -0.2) is 25.0 Å². The molecule has 0 unspecified atom stereocenters. The van der Waals surface area contributed by atoms with E-state index in [1.54, 1.807) is 0 Å². The molecule has 0 spiro atoms. The number of carbonyl (C=O) groups excluding carboxylic acids is 2. The van der Waals surface area contributed by atoms with Crippen molar-refractivity contribution in [2.75, 3.05) is 7.11 Å². The number of ether oxygens (including phenoxy) is 1. The molecular formula is C16H18FNO3. The number of methoxy groups -OCH3 is 1. The van der Waals surface area contributed by atoms with Gasteiger partial charge in [0.05, 0.1) is 13.5 Å². The highest BCUT2D eigenvalue weighted by molar-refractivity contribution is 5.85. The topological polar surface area (TPSA) is 55.4 Å². The normalized spacial score (nSPS) is 11.3. The van der Waals surface area contributed by atoms with Crippen molar-refractivity contribution >= 4 is 11.9 Å². The Balaban J connectivity index is 2.56. The minimum atomic E-state index is -0.712. The maximum atomic E-state index is 12.8. The Kier molecular flexibility index (Phi) is 6.96. The van der Waals surface area contributed by atoms with Crippen LogP contribution in [0, 0.1) is 18.2 Å². The molecule has 1 amide bonds. The second kappa shape index (κ2) is 8.75. The lowest BCUT2D eigenvalue weighted by Crippen LogP contribution is -2.42. The molecule has 4 nitrogen and oxygen atoms in total. The van der Waals surface area contributed by atoms with Gasteiger partial charge in [-0.2, -0.15) is 0 Å². The lowest BCUT2D eigenvalue weighted by Gasteiger charge is -2.16. The first-order valence-corrected chi connectivity index (χ1v) is 6.62. The Bertz CT molecular complexity index is 519. The zero-order valence-electron chi connectivity index (χ0n) is 11.9. The van der Waals surface area contributed by atoms with E-state index in [9.17, 15) is 14.0 Å². The number of halogens is 1. The summed E-state index contributed by atoms with van der Waals surface area (Å²) < 4.78 is 17.4. The van der Waals surface area contributed by atoms with Gasteiger partial charge in [0.15, 0.2) is 0 Å². The summed E-state index contributed by atoms with van der Waals surface area (Å²) in [4.78, 5) is 23.5. The van der Waals surface area contributed by atoms with Crippen LogP contribution in [0.2, 0.25) is 0 Å². The van der Waals surface area contributed by atoms with Crippen molar-refractivity contribution in [1.29, 1.82) is 0 Å². The third-order valence-corrected chi connectivity index (χ3v) is 2.91. The average Bonchev–Trinajstić information content (AvgIpc) is 2.48. The molecule has 5 heteroatoms. The Hall–Kier alpha value is -2.35. The van der Waals surface area contributed by atoms with E-state index in [0.29, 0.717) is 24.8 Å². The molecule has 0 aliphatic carbocycles. The van der Waals surface area contributed by atoms with Crippen LogP contribution in [-0.2, 0) is 20.7 Å². The first-order chi connectivity index (χ1) is 10.1. The molecule has 112 valence electrons. The lowest BCUT2D eigenvalue weighted by molar-refractivity contribution is -0.145. The summed E-state index contributed by atoms with van der Waals surface area (Å²) in [5, 5.41) is 2.61. The van der Waals surface area contributed by atoms with Gasteiger partial charge < -0.3 is 10.1 Å². The van der Waals surface area contributed by atoms with Crippen molar-refractivity contribution in [3.63, 3.8) is 0 Å². The predicted octanol–water partition coefficient (Wildman–Crippen LogP) is 1.83. The fourth-order valence-electron chi connectivity index (χ4n) is 1.83. The molecule has 0 fully saturated rings. The smallest absolute Gasteiger partial charge is 0.328 e. The van der Waals surface area contributed by atoms with Gasteiger partial charge in [-0.05, 0) is 30.5 Å². The number of nitrogens with one attached hydrogen (secondary N) is 1. The third-order valence-electron chi connectivity index (χ3n) is 2.91. The quantitative estimate of drug-likeness (QED) is 0.474. The van der Waals surface area contributed by atoms with Gasteiger partial charge >= 0.3 is 5.97 Å². The van der Waals surface area contributed by atoms with E-state index in [4.69, 9.17) is 6.42 Å². The van der Waals surface area contributed by atoms with Gasteiger partial charge in [0.1, 0.15) is 11.9 Å². The van der Waals surface area contributed by atoms with Gasteiger partial charge in [0.2, 0.25) is 5.91 Å². The molecular weight excluding hydrogens is 273 g/mol. The zero-order chi connectivity index (χ0) is 15.7. The van der Waals surface area contributed by atoms with Crippen LogP contribution >= 0.6 is 0 Å². The molecule has 0 aromatic heterocycles. The van der Waals surface area contributed by atoms with Crippen LogP contribution < -0.4 is 5.32 Å². The summed E-state index contributed by atoms with van der Waals surface area (Å²) in [6.07, 6.45) is 6.80. The number of rotatable bonds is 7. The fraction of sp³-hybridized carbons (Fsp3) is 0.375. The number of unbranched alkanes of at least 4 members (excludes halogenated alkanes) is 1. The number of terminal acetylenes is 1. The highest BCUT2D eigenvalue weighted by Gasteiger charge is 2.20. The van der Waals surface area contributed by atoms with E-state index in [1.807, 2.05) is 0 Å². The Morgan fingerprint density at radius 3 is 2.62 bits per heavy atom. The largest absolute Gasteiger partial charge is 0.467 e. The van der Waals surface area contributed by atoms with Crippen molar-refractivity contribution in [3.05, 3.63) is 35.6 Å². The highest BCUT2D eigenvalue weighted by Crippen LogP contribution is 2.06. The first kappa shape index (κ1) is 16.7. The van der Waals surface area contributed by atoms with E-state index in [0.717, 1.165) is 0 Å². The molecule has 0 heterocycles. The fourth-order valence-corrected chi connectivity index (χ4v) is 1.83. The van der Waals surface area contributed by atoms with Gasteiger partial charge in [-0.15, -0.1) is 12.3 Å². The van der Waals surface area contributed by atoms with Crippen molar-refractivity contribution < 1.29 is 18.7 Å². The molecule has 1 aromatic carbocycles. The molecule has 1 N–H and O–H groups in total. The van der Waals surface area contributed by atoms with Crippen LogP contribution in [0.4, 0.5) is 4.39 Å². The van der Waals surface area contributed by atoms with Gasteiger partial charge in [-0.25, -0.2) is 9.18 Å². The second-order valence-electron chi connectivity index (χ2n) is 4.54. The van der Waals surface area contributed by atoms with E-state index in [1.165, 1.54) is 31.4 Å². The van der Waals surface area contributed by atoms with Crippen LogP contribution in [0.25, 0.3) is 0 Å². The Morgan fingerprint density at radius 1 is 1.38 bits per heavy atom. The number of benzene rings is 1. The standard InChI is InChI=1S/C16H18FNO3/c1-3-4-5-6-14(16(20)21-2)18-15(19)11-12-7-9-13(17)10-8-12/h1,7-10,14H,4-6,11H2,2H3,(H,18,19)/t14-/m1/s1. The van der Waals surface area contributed by atoms with Crippen LogP contribution in [0.5, 0.6) is 0 Å². The van der Waals surface area contributed by atoms with E-state index >= 15 is 0 Å². The lowest BCUT2D eigenvalue weighted by atomic mass is 10.1. The first-order valence-electron chi connectivity index (χ1n) is 6.62. The van der Waals surface area contributed by atoms with E-state index in [2.05, 4.69) is 16.0 Å². The van der Waals surface area contributed by atoms with Crippen LogP contribution in [0.15, 0.2) is 24.3 Å². The van der Waals surface area contributed by atoms with Gasteiger partial charge in [0.25, 0.3) is 0 Å². The number of hydrogen-bond acceptors (Lipinski definition) is 3. The predicted molar refractivity (Wildman–Crippen MR) is 76.7 cm³/mol. The SMILES string of the molecule is C#CCCC[C@@H](NC(=O)Cc1ccc(F)cc1)C(=O)OC. The molecule has 0 bridgehead atoms. The highest BCUT2D eigenvalue weighted by atomic mass is 19.1. The van der Waals surface area contributed by atoms with Crippen LogP contribution in [0.3, 0.4) is 0 Å². The molecule has 1 rings (SSSR count). The molecule has 0 aliphatic heterocycles. The summed E-state index contributed by atoms with van der Waals surface area (Å²) >= 11 is 0. The number of amides is 1. The maximum Gasteiger partial charge on any atom is 0.328 e. The summed E-state index contributed by atoms with van der Waals surface area (Å²) in [5.74, 6) is 1.30. The maximum absolute atomic E-state index is 12.8. The molecule has 0 saturated carbocycles. The van der Waals surface area contributed by atoms with E-state index < -0.39 is 12.0 Å². The minimum Gasteiger partial charge on any atom is -0.467 e. The molecule has 1 aromatic rings. The Morgan fingerprint density at radius 2 is 2.05 bits per heavy atom. The molecule has 21 heavy (non-hydrogen) atoms. The summed E-state index contributed by atoms with van der Waals surface area (Å²) in [6, 6.07) is 4.91. The Labute approximate surface area is 123 Å². The zero-order valence-corrected chi connectivity index (χ0v) is 11.9. The van der Waals surface area contributed by atoms with Crippen LogP contribution in [0.1, 0.15) is 24.8 Å². The number of hydrogen-bond donors (Lipinski definition) is 1. The van der Waals surface area contributed by atoms with Gasteiger partial charge in [-0.3, -0.25) is 4.79 Å². The van der Waals surface area contributed by atoms with Crippen molar-refractivity contribution in [2.45, 2.75) is 31.7 Å². The van der Waals surface area contributed by atoms with Gasteiger partial charge in [-0.1, -0.05) is 12.1 Å². The monoisotopic (exact) mass is 291 g/mol.